The van der Waals surface area contributed by atoms with Gasteiger partial charge in [0, 0.05) is 0 Å². The van der Waals surface area contributed by atoms with E-state index in [0.29, 0.717) is 6.61 Å². The summed E-state index contributed by atoms with van der Waals surface area (Å²) >= 11 is 0. The van der Waals surface area contributed by atoms with Crippen molar-refractivity contribution in [1.29, 1.82) is 0 Å². The van der Waals surface area contributed by atoms with Crippen LogP contribution in [0.2, 0.25) is 0 Å². The molecule has 4 N–H and O–H groups in total. The summed E-state index contributed by atoms with van der Waals surface area (Å²) in [5, 5.41) is 37.1. The smallest absolute Gasteiger partial charge is 0.116 e. The number of hydrogen-bond acceptors (Lipinski definition) is 6. The minimum atomic E-state index is -1.27. The molecule has 6 heteroatoms. The fraction of sp³-hybridized carbons (Fsp3) is 0.667. The predicted octanol–water partition coefficient (Wildman–Crippen LogP) is -1.16. The Morgan fingerprint density at radius 1 is 1.11 bits per heavy atom. The van der Waals surface area contributed by atoms with Crippen molar-refractivity contribution >= 4 is 0 Å². The molecule has 0 aromatic carbocycles. The lowest BCUT2D eigenvalue weighted by Gasteiger charge is -2.28. The van der Waals surface area contributed by atoms with Crippen molar-refractivity contribution in [1.82, 2.24) is 0 Å². The van der Waals surface area contributed by atoms with Crippen LogP contribution >= 0.6 is 0 Å². The SMILES string of the molecule is C=CCOC[C@H](CO)OC(C(O)C=C)[C@@H](O)CO. The van der Waals surface area contributed by atoms with Crippen LogP contribution in [0.3, 0.4) is 0 Å². The molecule has 0 spiro atoms. The van der Waals surface area contributed by atoms with Gasteiger partial charge in [-0.2, -0.15) is 0 Å². The van der Waals surface area contributed by atoms with Crippen LogP contribution in [-0.2, 0) is 9.47 Å². The second-order valence-electron chi connectivity index (χ2n) is 3.71. The molecule has 0 heterocycles. The predicted molar refractivity (Wildman–Crippen MR) is 66.1 cm³/mol. The van der Waals surface area contributed by atoms with Crippen molar-refractivity contribution in [3.05, 3.63) is 25.3 Å². The van der Waals surface area contributed by atoms with Crippen LogP contribution in [0.25, 0.3) is 0 Å². The van der Waals surface area contributed by atoms with Gasteiger partial charge in [-0.15, -0.1) is 13.2 Å². The lowest BCUT2D eigenvalue weighted by atomic mass is 10.1. The van der Waals surface area contributed by atoms with E-state index in [4.69, 9.17) is 19.7 Å². The van der Waals surface area contributed by atoms with E-state index in [0.717, 1.165) is 0 Å². The molecule has 2 unspecified atom stereocenters. The van der Waals surface area contributed by atoms with Gasteiger partial charge in [0.25, 0.3) is 0 Å². The zero-order valence-electron chi connectivity index (χ0n) is 10.3. The summed E-state index contributed by atoms with van der Waals surface area (Å²) in [4.78, 5) is 0. The topological polar surface area (TPSA) is 99.4 Å². The summed E-state index contributed by atoms with van der Waals surface area (Å²) in [6.07, 6.45) is -1.48. The van der Waals surface area contributed by atoms with Crippen LogP contribution in [-0.4, -0.2) is 71.3 Å². The molecular formula is C12H22O6. The lowest BCUT2D eigenvalue weighted by molar-refractivity contribution is -0.150. The van der Waals surface area contributed by atoms with Gasteiger partial charge >= 0.3 is 0 Å². The Balaban J connectivity index is 4.41. The second-order valence-corrected chi connectivity index (χ2v) is 3.71. The molecule has 18 heavy (non-hydrogen) atoms. The van der Waals surface area contributed by atoms with Gasteiger partial charge in [-0.3, -0.25) is 0 Å². The molecule has 0 saturated heterocycles. The fourth-order valence-corrected chi connectivity index (χ4v) is 1.28. The monoisotopic (exact) mass is 262 g/mol. The third-order valence-corrected chi connectivity index (χ3v) is 2.24. The Bertz CT molecular complexity index is 233. The number of ether oxygens (including phenoxy) is 2. The molecule has 0 aromatic heterocycles. The van der Waals surface area contributed by atoms with Crippen LogP contribution in [0.4, 0.5) is 0 Å². The first-order chi connectivity index (χ1) is 8.60. The van der Waals surface area contributed by atoms with E-state index < -0.39 is 31.0 Å². The highest BCUT2D eigenvalue weighted by atomic mass is 16.6. The maximum absolute atomic E-state index is 9.58. The third kappa shape index (κ3) is 6.25. The minimum Gasteiger partial charge on any atom is -0.394 e. The van der Waals surface area contributed by atoms with Crippen LogP contribution in [0.15, 0.2) is 25.3 Å². The van der Waals surface area contributed by atoms with Crippen molar-refractivity contribution in [2.75, 3.05) is 26.4 Å². The molecule has 0 bridgehead atoms. The fourth-order valence-electron chi connectivity index (χ4n) is 1.28. The summed E-state index contributed by atoms with van der Waals surface area (Å²) in [6, 6.07) is 0. The Morgan fingerprint density at radius 3 is 2.22 bits per heavy atom. The van der Waals surface area contributed by atoms with Crippen molar-refractivity contribution in [2.45, 2.75) is 24.4 Å². The molecule has 4 atom stereocenters. The number of hydrogen-bond donors (Lipinski definition) is 4. The molecule has 0 aliphatic rings. The second kappa shape index (κ2) is 10.2. The zero-order valence-corrected chi connectivity index (χ0v) is 10.3. The van der Waals surface area contributed by atoms with Crippen molar-refractivity contribution in [3.8, 4) is 0 Å². The highest BCUT2D eigenvalue weighted by Crippen LogP contribution is 2.10. The van der Waals surface area contributed by atoms with Gasteiger partial charge in [-0.1, -0.05) is 12.2 Å². The third-order valence-electron chi connectivity index (χ3n) is 2.24. The summed E-state index contributed by atoms with van der Waals surface area (Å²) in [5.41, 5.74) is 0. The molecule has 6 nitrogen and oxygen atoms in total. The van der Waals surface area contributed by atoms with Gasteiger partial charge in [-0.25, -0.2) is 0 Å². The van der Waals surface area contributed by atoms with Gasteiger partial charge in [0.2, 0.25) is 0 Å². The minimum absolute atomic E-state index is 0.0844. The van der Waals surface area contributed by atoms with Gasteiger partial charge in [0.1, 0.15) is 24.4 Å². The maximum atomic E-state index is 9.58. The molecule has 0 saturated carbocycles. The molecule has 0 radical (unpaired) electrons. The highest BCUT2D eigenvalue weighted by Gasteiger charge is 2.28. The van der Waals surface area contributed by atoms with Gasteiger partial charge in [-0.05, 0) is 0 Å². The van der Waals surface area contributed by atoms with E-state index in [1.807, 2.05) is 0 Å². The van der Waals surface area contributed by atoms with E-state index in [2.05, 4.69) is 13.2 Å². The summed E-state index contributed by atoms with van der Waals surface area (Å²) in [5.74, 6) is 0. The molecule has 106 valence electrons. The molecule has 0 aliphatic heterocycles. The van der Waals surface area contributed by atoms with E-state index in [-0.39, 0.29) is 13.2 Å². The largest absolute Gasteiger partial charge is 0.394 e. The molecule has 0 fully saturated rings. The van der Waals surface area contributed by atoms with E-state index in [9.17, 15) is 10.2 Å². The maximum Gasteiger partial charge on any atom is 0.116 e. The standard InChI is InChI=1S/C12H22O6/c1-3-5-17-8-9(6-13)18-12(10(15)4-2)11(16)7-14/h3-4,9-16H,1-2,5-8H2/t9-,10?,11-,12?/m0/s1. The van der Waals surface area contributed by atoms with Crippen LogP contribution in [0.1, 0.15) is 0 Å². The van der Waals surface area contributed by atoms with Crippen LogP contribution < -0.4 is 0 Å². The van der Waals surface area contributed by atoms with Crippen molar-refractivity contribution < 1.29 is 29.9 Å². The van der Waals surface area contributed by atoms with Crippen molar-refractivity contribution in [2.24, 2.45) is 0 Å². The highest BCUT2D eigenvalue weighted by molar-refractivity contribution is 4.89. The van der Waals surface area contributed by atoms with E-state index in [1.165, 1.54) is 6.08 Å². The first kappa shape index (κ1) is 17.2. The molecule has 0 aliphatic carbocycles. The molecule has 0 aromatic rings. The number of aliphatic hydroxyl groups is 4. The quantitative estimate of drug-likeness (QED) is 0.277. The Kier molecular flexibility index (Phi) is 9.76. The van der Waals surface area contributed by atoms with Crippen molar-refractivity contribution in [3.63, 3.8) is 0 Å². The summed E-state index contributed by atoms with van der Waals surface area (Å²) in [7, 11) is 0. The first-order valence-electron chi connectivity index (χ1n) is 5.65. The van der Waals surface area contributed by atoms with Crippen LogP contribution in [0.5, 0.6) is 0 Å². The number of rotatable bonds is 11. The average Bonchev–Trinajstić information content (AvgIpc) is 2.41. The number of aliphatic hydroxyl groups excluding tert-OH is 4. The van der Waals surface area contributed by atoms with Crippen LogP contribution in [0, 0.1) is 0 Å². The normalized spacial score (nSPS) is 17.8. The van der Waals surface area contributed by atoms with Gasteiger partial charge in [0.15, 0.2) is 0 Å². The van der Waals surface area contributed by atoms with E-state index >= 15 is 0 Å². The molecule has 0 rings (SSSR count). The Labute approximate surface area is 107 Å². The molecular weight excluding hydrogens is 240 g/mol. The molecule has 0 amide bonds. The van der Waals surface area contributed by atoms with E-state index in [1.54, 1.807) is 6.08 Å². The van der Waals surface area contributed by atoms with Gasteiger partial charge in [0.05, 0.1) is 26.4 Å². The first-order valence-corrected chi connectivity index (χ1v) is 5.65. The van der Waals surface area contributed by atoms with Gasteiger partial charge < -0.3 is 29.9 Å². The summed E-state index contributed by atoms with van der Waals surface area (Å²) < 4.78 is 10.4. The lowest BCUT2D eigenvalue weighted by Crippen LogP contribution is -2.45. The average molecular weight is 262 g/mol. The summed E-state index contributed by atoms with van der Waals surface area (Å²) in [6.45, 7) is 6.33. The zero-order chi connectivity index (χ0) is 14.0. The Hall–Kier alpha value is -0.760. The Morgan fingerprint density at radius 2 is 1.78 bits per heavy atom.